The van der Waals surface area contributed by atoms with Gasteiger partial charge in [0, 0.05) is 23.0 Å². The van der Waals surface area contributed by atoms with Gasteiger partial charge in [-0.2, -0.15) is 8.42 Å². The van der Waals surface area contributed by atoms with E-state index in [-0.39, 0.29) is 17.0 Å². The molecule has 1 aliphatic rings. The molecular weight excluding hydrogens is 481 g/mol. The Kier molecular flexibility index (Phi) is 8.46. The predicted octanol–water partition coefficient (Wildman–Crippen LogP) is 4.99. The first kappa shape index (κ1) is 25.9. The maximum atomic E-state index is 13.3. The van der Waals surface area contributed by atoms with E-state index in [1.807, 2.05) is 18.2 Å². The van der Waals surface area contributed by atoms with Crippen molar-refractivity contribution >= 4 is 44.3 Å². The molecule has 1 aliphatic carbocycles. The molecule has 10 heteroatoms. The molecule has 0 radical (unpaired) electrons. The van der Waals surface area contributed by atoms with Crippen LogP contribution in [0.3, 0.4) is 0 Å². The lowest BCUT2D eigenvalue weighted by Gasteiger charge is -2.30. The molecule has 0 bridgehead atoms. The van der Waals surface area contributed by atoms with Gasteiger partial charge in [0.1, 0.15) is 11.6 Å². The second kappa shape index (κ2) is 11.1. The van der Waals surface area contributed by atoms with Crippen molar-refractivity contribution in [1.82, 2.24) is 10.3 Å². The van der Waals surface area contributed by atoms with E-state index in [4.69, 9.17) is 21.1 Å². The molecule has 0 spiro atoms. The minimum Gasteiger partial charge on any atom is -0.367 e. The lowest BCUT2D eigenvalue weighted by molar-refractivity contribution is 0.0926. The summed E-state index contributed by atoms with van der Waals surface area (Å²) in [6, 6.07) is 14.7. The lowest BCUT2D eigenvalue weighted by atomic mass is 9.91. The number of halogens is 2. The quantitative estimate of drug-likeness (QED) is 0.429. The fraction of sp³-hybridized carbons (Fsp3) is 0.333. The Hall–Kier alpha value is -2.75. The van der Waals surface area contributed by atoms with Crippen LogP contribution in [0, 0.1) is 12.7 Å². The van der Waals surface area contributed by atoms with E-state index >= 15 is 0 Å². The summed E-state index contributed by atoms with van der Waals surface area (Å²) < 4.78 is 39.1. The number of nitrogens with one attached hydrogen (secondary N) is 2. The van der Waals surface area contributed by atoms with Crippen molar-refractivity contribution in [2.45, 2.75) is 44.7 Å². The van der Waals surface area contributed by atoms with E-state index in [1.54, 1.807) is 0 Å². The van der Waals surface area contributed by atoms with E-state index in [1.165, 1.54) is 29.1 Å². The van der Waals surface area contributed by atoms with Gasteiger partial charge in [-0.3, -0.25) is 9.35 Å². The molecule has 1 heterocycles. The highest BCUT2D eigenvalue weighted by molar-refractivity contribution is 7.85. The third kappa shape index (κ3) is 7.65. The smallest absolute Gasteiger partial charge is 0.261 e. The van der Waals surface area contributed by atoms with Crippen molar-refractivity contribution in [3.05, 3.63) is 70.5 Å². The van der Waals surface area contributed by atoms with E-state index in [2.05, 4.69) is 29.7 Å². The van der Waals surface area contributed by atoms with Crippen molar-refractivity contribution in [2.24, 2.45) is 0 Å². The number of aryl methyl sites for hydroxylation is 1. The van der Waals surface area contributed by atoms with Crippen LogP contribution >= 0.6 is 11.6 Å². The Morgan fingerprint density at radius 1 is 1.09 bits per heavy atom. The minimum atomic E-state index is -3.67. The van der Waals surface area contributed by atoms with Crippen molar-refractivity contribution in [2.75, 3.05) is 11.6 Å². The SMILES string of the molecule is CS(=O)(=O)O.Cc1cc(NC2CCC(NC(=O)c3ccc(F)c(Cl)c3)CC2)nc2ccccc12. The van der Waals surface area contributed by atoms with Gasteiger partial charge in [-0.15, -0.1) is 0 Å². The van der Waals surface area contributed by atoms with Gasteiger partial charge in [-0.1, -0.05) is 29.8 Å². The maximum Gasteiger partial charge on any atom is 0.261 e. The Bertz CT molecular complexity index is 1270. The first-order valence-corrected chi connectivity index (χ1v) is 13.0. The molecule has 0 atom stereocenters. The van der Waals surface area contributed by atoms with Crippen molar-refractivity contribution in [3.8, 4) is 0 Å². The van der Waals surface area contributed by atoms with Crippen LogP contribution in [0.15, 0.2) is 48.5 Å². The highest BCUT2D eigenvalue weighted by Gasteiger charge is 2.23. The van der Waals surface area contributed by atoms with E-state index in [0.29, 0.717) is 17.9 Å². The third-order valence-electron chi connectivity index (χ3n) is 5.52. The molecule has 1 fully saturated rings. The minimum absolute atomic E-state index is 0.0382. The van der Waals surface area contributed by atoms with E-state index in [0.717, 1.165) is 37.0 Å². The number of rotatable bonds is 4. The average Bonchev–Trinajstić information content (AvgIpc) is 2.76. The van der Waals surface area contributed by atoms with Gasteiger partial charge in [-0.05, 0) is 68.5 Å². The lowest BCUT2D eigenvalue weighted by Crippen LogP contribution is -2.40. The van der Waals surface area contributed by atoms with Gasteiger partial charge >= 0.3 is 0 Å². The van der Waals surface area contributed by atoms with Crippen LogP contribution in [0.5, 0.6) is 0 Å². The second-order valence-corrected chi connectivity index (χ2v) is 10.2. The summed E-state index contributed by atoms with van der Waals surface area (Å²) in [5, 5.41) is 7.72. The molecule has 2 aromatic carbocycles. The van der Waals surface area contributed by atoms with Gasteiger partial charge in [-0.25, -0.2) is 9.37 Å². The number of pyridine rings is 1. The summed E-state index contributed by atoms with van der Waals surface area (Å²) in [5.41, 5.74) is 2.58. The number of fused-ring (bicyclic) bond motifs is 1. The Morgan fingerprint density at radius 3 is 2.35 bits per heavy atom. The van der Waals surface area contributed by atoms with Gasteiger partial charge in [0.05, 0.1) is 16.8 Å². The molecule has 1 saturated carbocycles. The van der Waals surface area contributed by atoms with Gasteiger partial charge in [0.15, 0.2) is 0 Å². The van der Waals surface area contributed by atoms with Crippen molar-refractivity contribution in [1.29, 1.82) is 0 Å². The molecular formula is C24H27ClFN3O4S. The molecule has 1 amide bonds. The number of nitrogens with zero attached hydrogens (tertiary/aromatic N) is 1. The number of carbonyl (C=O) groups is 1. The van der Waals surface area contributed by atoms with Gasteiger partial charge in [0.25, 0.3) is 16.0 Å². The molecule has 7 nitrogen and oxygen atoms in total. The molecule has 0 saturated heterocycles. The summed E-state index contributed by atoms with van der Waals surface area (Å²) >= 11 is 5.78. The number of amides is 1. The molecule has 0 unspecified atom stereocenters. The van der Waals surface area contributed by atoms with Gasteiger partial charge < -0.3 is 10.6 Å². The first-order chi connectivity index (χ1) is 16.0. The molecule has 0 aliphatic heterocycles. The molecule has 3 aromatic rings. The van der Waals surface area contributed by atoms with Crippen LogP contribution in [-0.4, -0.2) is 42.2 Å². The Morgan fingerprint density at radius 2 is 1.71 bits per heavy atom. The third-order valence-corrected chi connectivity index (χ3v) is 5.81. The van der Waals surface area contributed by atoms with E-state index < -0.39 is 15.9 Å². The topological polar surface area (TPSA) is 108 Å². The van der Waals surface area contributed by atoms with Crippen LogP contribution in [0.4, 0.5) is 10.2 Å². The summed E-state index contributed by atoms with van der Waals surface area (Å²) in [6.07, 6.45) is 4.37. The van der Waals surface area contributed by atoms with Crippen LogP contribution in [0.1, 0.15) is 41.6 Å². The molecule has 1 aromatic heterocycles. The van der Waals surface area contributed by atoms with Crippen LogP contribution < -0.4 is 10.6 Å². The number of aromatic nitrogens is 1. The monoisotopic (exact) mass is 507 g/mol. The summed E-state index contributed by atoms with van der Waals surface area (Å²) in [4.78, 5) is 17.1. The number of hydrogen-bond acceptors (Lipinski definition) is 5. The zero-order valence-corrected chi connectivity index (χ0v) is 20.5. The number of para-hydroxylation sites is 1. The number of benzene rings is 2. The Labute approximate surface area is 203 Å². The van der Waals surface area contributed by atoms with Crippen molar-refractivity contribution < 1.29 is 22.2 Å². The zero-order chi connectivity index (χ0) is 24.9. The van der Waals surface area contributed by atoms with Crippen LogP contribution in [0.2, 0.25) is 5.02 Å². The zero-order valence-electron chi connectivity index (χ0n) is 18.9. The molecule has 34 heavy (non-hydrogen) atoms. The molecule has 182 valence electrons. The standard InChI is InChI=1S/C23H23ClFN3O.CH4O3S/c1-14-12-22(28-21-5-3-2-4-18(14)21)26-16-7-9-17(10-8-16)27-23(29)15-6-11-20(25)19(24)13-15;1-5(2,3)4/h2-6,11-13,16-17H,7-10H2,1H3,(H,26,28)(H,27,29);1H3,(H,2,3,4). The normalized spacial score (nSPS) is 18.0. The average molecular weight is 508 g/mol. The fourth-order valence-electron chi connectivity index (χ4n) is 3.92. The highest BCUT2D eigenvalue weighted by Crippen LogP contribution is 2.25. The molecule has 3 N–H and O–H groups in total. The van der Waals surface area contributed by atoms with Crippen LogP contribution in [0.25, 0.3) is 10.9 Å². The second-order valence-electron chi connectivity index (χ2n) is 8.37. The maximum absolute atomic E-state index is 13.3. The largest absolute Gasteiger partial charge is 0.367 e. The summed E-state index contributed by atoms with van der Waals surface area (Å²) in [7, 11) is -3.67. The van der Waals surface area contributed by atoms with Gasteiger partial charge in [0.2, 0.25) is 0 Å². The van der Waals surface area contributed by atoms with Crippen LogP contribution in [-0.2, 0) is 10.1 Å². The molecule has 4 rings (SSSR count). The fourth-order valence-corrected chi connectivity index (χ4v) is 4.10. The predicted molar refractivity (Wildman–Crippen MR) is 132 cm³/mol. The van der Waals surface area contributed by atoms with Crippen molar-refractivity contribution in [3.63, 3.8) is 0 Å². The Balaban J connectivity index is 0.000000588. The first-order valence-electron chi connectivity index (χ1n) is 10.8. The van der Waals surface area contributed by atoms with E-state index in [9.17, 15) is 17.6 Å². The number of carbonyl (C=O) groups excluding carboxylic acids is 1. The summed E-state index contributed by atoms with van der Waals surface area (Å²) in [5.74, 6) is 0.164. The number of anilines is 1. The number of hydrogen-bond donors (Lipinski definition) is 3. The highest BCUT2D eigenvalue weighted by atomic mass is 35.5. The summed E-state index contributed by atoms with van der Waals surface area (Å²) in [6.45, 7) is 2.10.